The van der Waals surface area contributed by atoms with Crippen LogP contribution < -0.4 is 0 Å². The maximum atomic E-state index is 13.3. The lowest BCUT2D eigenvalue weighted by molar-refractivity contribution is -0.141. The van der Waals surface area contributed by atoms with Crippen molar-refractivity contribution in [2.24, 2.45) is 0 Å². The monoisotopic (exact) mass is 398 g/mol. The zero-order valence-corrected chi connectivity index (χ0v) is 17.9. The Hall–Kier alpha value is -2.14. The Kier molecular flexibility index (Phi) is 6.89. The van der Waals surface area contributed by atoms with Gasteiger partial charge < -0.3 is 9.80 Å². The first kappa shape index (κ1) is 20.6. The highest BCUT2D eigenvalue weighted by atomic mass is 32.1. The van der Waals surface area contributed by atoms with Gasteiger partial charge in [0, 0.05) is 24.4 Å². The average Bonchev–Trinajstić information content (AvgIpc) is 3.16. The number of hydrogen-bond donors (Lipinski definition) is 0. The quantitative estimate of drug-likeness (QED) is 0.685. The van der Waals surface area contributed by atoms with E-state index in [2.05, 4.69) is 42.6 Å². The Morgan fingerprint density at radius 3 is 2.57 bits per heavy atom. The number of carbonyl (C=O) groups is 2. The fourth-order valence-electron chi connectivity index (χ4n) is 3.88. The van der Waals surface area contributed by atoms with Crippen LogP contribution >= 0.6 is 11.3 Å². The molecule has 0 saturated heterocycles. The smallest absolute Gasteiger partial charge is 0.242 e. The van der Waals surface area contributed by atoms with Crippen molar-refractivity contribution in [2.45, 2.75) is 52.5 Å². The van der Waals surface area contributed by atoms with Gasteiger partial charge >= 0.3 is 0 Å². The Labute approximate surface area is 172 Å². The van der Waals surface area contributed by atoms with Gasteiger partial charge in [-0.15, -0.1) is 11.3 Å². The molecule has 150 valence electrons. The molecule has 1 aromatic carbocycles. The summed E-state index contributed by atoms with van der Waals surface area (Å²) in [6.07, 6.45) is 3.06. The molecule has 1 aliphatic rings. The lowest BCUT2D eigenvalue weighted by Crippen LogP contribution is -2.47. The molecule has 1 aromatic heterocycles. The van der Waals surface area contributed by atoms with Gasteiger partial charge in [0.25, 0.3) is 0 Å². The molecule has 5 heteroatoms. The molecule has 0 aliphatic carbocycles. The van der Waals surface area contributed by atoms with Gasteiger partial charge in [0.15, 0.2) is 0 Å². The lowest BCUT2D eigenvalue weighted by atomic mass is 9.92. The minimum atomic E-state index is -0.0622. The Morgan fingerprint density at radius 2 is 1.89 bits per heavy atom. The van der Waals surface area contributed by atoms with Crippen LogP contribution in [0.5, 0.6) is 0 Å². The topological polar surface area (TPSA) is 40.6 Å². The second kappa shape index (κ2) is 9.37. The summed E-state index contributed by atoms with van der Waals surface area (Å²) >= 11 is 1.77. The van der Waals surface area contributed by atoms with E-state index in [4.69, 9.17) is 0 Å². The van der Waals surface area contributed by atoms with Crippen LogP contribution in [0.3, 0.4) is 0 Å². The van der Waals surface area contributed by atoms with Crippen molar-refractivity contribution in [3.63, 3.8) is 0 Å². The van der Waals surface area contributed by atoms with E-state index in [1.807, 2.05) is 18.7 Å². The van der Waals surface area contributed by atoms with Crippen LogP contribution in [0.4, 0.5) is 0 Å². The Bertz CT molecular complexity index is 812. The number of carbonyl (C=O) groups excluding carboxylic acids is 2. The summed E-state index contributed by atoms with van der Waals surface area (Å²) in [5, 5.41) is 2.12. The zero-order chi connectivity index (χ0) is 20.1. The first-order chi connectivity index (χ1) is 13.5. The van der Waals surface area contributed by atoms with Gasteiger partial charge in [0.2, 0.25) is 11.8 Å². The van der Waals surface area contributed by atoms with E-state index in [0.717, 1.165) is 24.8 Å². The molecule has 2 amide bonds. The highest BCUT2D eigenvalue weighted by Crippen LogP contribution is 2.37. The van der Waals surface area contributed by atoms with Crippen LogP contribution in [-0.4, -0.2) is 41.2 Å². The second-order valence-electron chi connectivity index (χ2n) is 7.51. The summed E-state index contributed by atoms with van der Waals surface area (Å²) < 4.78 is 0. The normalized spacial score (nSPS) is 16.0. The standard InChI is InChI=1S/C23H30N2O2S/c1-4-6-21(26)24(13-5-2)16-22(27)25-14-11-20-19(12-15-28-20)23(25)18-9-7-17(3)8-10-18/h7-10,12,15,23H,4-6,11,13-14,16H2,1-3H3/t23-/m0/s1. The first-order valence-electron chi connectivity index (χ1n) is 10.2. The van der Waals surface area contributed by atoms with E-state index in [9.17, 15) is 9.59 Å². The number of rotatable bonds is 7. The van der Waals surface area contributed by atoms with Gasteiger partial charge in [-0.3, -0.25) is 9.59 Å². The third kappa shape index (κ3) is 4.46. The highest BCUT2D eigenvalue weighted by molar-refractivity contribution is 7.10. The molecule has 2 heterocycles. The molecule has 4 nitrogen and oxygen atoms in total. The molecule has 0 saturated carbocycles. The summed E-state index contributed by atoms with van der Waals surface area (Å²) in [6, 6.07) is 10.5. The number of nitrogens with zero attached hydrogens (tertiary/aromatic N) is 2. The SMILES string of the molecule is CCCC(=O)N(CCC)CC(=O)N1CCc2sccc2[C@@H]1c1ccc(C)cc1. The van der Waals surface area contributed by atoms with Crippen molar-refractivity contribution in [1.82, 2.24) is 9.80 Å². The van der Waals surface area contributed by atoms with E-state index < -0.39 is 0 Å². The maximum Gasteiger partial charge on any atom is 0.242 e. The summed E-state index contributed by atoms with van der Waals surface area (Å²) in [5.41, 5.74) is 3.58. The van der Waals surface area contributed by atoms with Gasteiger partial charge in [-0.1, -0.05) is 43.7 Å². The molecule has 2 aromatic rings. The molecule has 0 radical (unpaired) electrons. The number of benzene rings is 1. The molecule has 1 aliphatic heterocycles. The van der Waals surface area contributed by atoms with Crippen molar-refractivity contribution in [3.8, 4) is 0 Å². The molecular weight excluding hydrogens is 368 g/mol. The van der Waals surface area contributed by atoms with E-state index in [1.54, 1.807) is 16.2 Å². The van der Waals surface area contributed by atoms with Gasteiger partial charge in [0.05, 0.1) is 12.6 Å². The van der Waals surface area contributed by atoms with Crippen molar-refractivity contribution in [1.29, 1.82) is 0 Å². The molecule has 0 N–H and O–H groups in total. The highest BCUT2D eigenvalue weighted by Gasteiger charge is 2.33. The van der Waals surface area contributed by atoms with E-state index in [0.29, 0.717) is 19.5 Å². The zero-order valence-electron chi connectivity index (χ0n) is 17.1. The van der Waals surface area contributed by atoms with E-state index in [-0.39, 0.29) is 24.4 Å². The van der Waals surface area contributed by atoms with Crippen molar-refractivity contribution in [2.75, 3.05) is 19.6 Å². The predicted molar refractivity (Wildman–Crippen MR) is 115 cm³/mol. The summed E-state index contributed by atoms with van der Waals surface area (Å²) in [4.78, 5) is 30.8. The number of amides is 2. The summed E-state index contributed by atoms with van der Waals surface area (Å²) in [7, 11) is 0. The number of hydrogen-bond acceptors (Lipinski definition) is 3. The Balaban J connectivity index is 1.87. The molecule has 0 unspecified atom stereocenters. The minimum Gasteiger partial charge on any atom is -0.333 e. The van der Waals surface area contributed by atoms with Crippen molar-refractivity contribution < 1.29 is 9.59 Å². The average molecular weight is 399 g/mol. The van der Waals surface area contributed by atoms with Crippen LogP contribution in [0.15, 0.2) is 35.7 Å². The van der Waals surface area contributed by atoms with E-state index in [1.165, 1.54) is 16.0 Å². The maximum absolute atomic E-state index is 13.3. The summed E-state index contributed by atoms with van der Waals surface area (Å²) in [5.74, 6) is 0.123. The van der Waals surface area contributed by atoms with E-state index >= 15 is 0 Å². The predicted octanol–water partition coefficient (Wildman–Crippen LogP) is 4.57. The largest absolute Gasteiger partial charge is 0.333 e. The van der Waals surface area contributed by atoms with Crippen LogP contribution in [0, 0.1) is 6.92 Å². The van der Waals surface area contributed by atoms with Gasteiger partial charge in [-0.25, -0.2) is 0 Å². The third-order valence-electron chi connectivity index (χ3n) is 5.32. The van der Waals surface area contributed by atoms with Crippen LogP contribution in [-0.2, 0) is 16.0 Å². The van der Waals surface area contributed by atoms with Crippen LogP contribution in [0.1, 0.15) is 60.7 Å². The van der Waals surface area contributed by atoms with Crippen LogP contribution in [0.25, 0.3) is 0 Å². The van der Waals surface area contributed by atoms with Crippen molar-refractivity contribution in [3.05, 3.63) is 57.3 Å². The van der Waals surface area contributed by atoms with Crippen molar-refractivity contribution >= 4 is 23.2 Å². The second-order valence-corrected chi connectivity index (χ2v) is 8.52. The summed E-state index contributed by atoms with van der Waals surface area (Å²) in [6.45, 7) is 7.63. The lowest BCUT2D eigenvalue weighted by Gasteiger charge is -2.37. The molecule has 0 bridgehead atoms. The number of thiophene rings is 1. The van der Waals surface area contributed by atoms with Gasteiger partial charge in [-0.2, -0.15) is 0 Å². The van der Waals surface area contributed by atoms with Crippen LogP contribution in [0.2, 0.25) is 0 Å². The molecule has 3 rings (SSSR count). The third-order valence-corrected chi connectivity index (χ3v) is 6.31. The number of aryl methyl sites for hydroxylation is 1. The molecule has 28 heavy (non-hydrogen) atoms. The Morgan fingerprint density at radius 1 is 1.14 bits per heavy atom. The number of fused-ring (bicyclic) bond motifs is 1. The molecule has 1 atom stereocenters. The first-order valence-corrected chi connectivity index (χ1v) is 11.1. The fraction of sp³-hybridized carbons (Fsp3) is 0.478. The minimum absolute atomic E-state index is 0.0420. The fourth-order valence-corrected chi connectivity index (χ4v) is 4.79. The molecule has 0 fully saturated rings. The molecule has 0 spiro atoms. The van der Waals surface area contributed by atoms with Gasteiger partial charge in [0.1, 0.15) is 0 Å². The molecular formula is C23H30N2O2S. The van der Waals surface area contributed by atoms with Gasteiger partial charge in [-0.05, 0) is 48.8 Å².